The quantitative estimate of drug-likeness (QED) is 0.737. The van der Waals surface area contributed by atoms with Gasteiger partial charge in [0.15, 0.2) is 0 Å². The number of hydrogen-bond donors (Lipinski definition) is 1. The van der Waals surface area contributed by atoms with Crippen LogP contribution in [0, 0.1) is 5.82 Å². The van der Waals surface area contributed by atoms with Gasteiger partial charge >= 0.3 is 6.03 Å². The minimum Gasteiger partial charge on any atom is -0.467 e. The van der Waals surface area contributed by atoms with E-state index in [1.807, 2.05) is 24.3 Å². The summed E-state index contributed by atoms with van der Waals surface area (Å²) in [4.78, 5) is 18.6. The van der Waals surface area contributed by atoms with Crippen molar-refractivity contribution in [3.05, 3.63) is 54.3 Å². The summed E-state index contributed by atoms with van der Waals surface area (Å²) in [7, 11) is 0. The Morgan fingerprint density at radius 2 is 1.88 bits per heavy atom. The number of urea groups is 1. The van der Waals surface area contributed by atoms with Crippen LogP contribution in [0.3, 0.4) is 0 Å². The zero-order chi connectivity index (χ0) is 17.9. The number of rotatable bonds is 3. The molecule has 7 heteroatoms. The van der Waals surface area contributed by atoms with Gasteiger partial charge < -0.3 is 15.0 Å². The molecule has 1 aliphatic rings. The number of ether oxygens (including phenoxy) is 1. The molecule has 26 heavy (non-hydrogen) atoms. The average molecular weight is 371 g/mol. The monoisotopic (exact) mass is 371 g/mol. The summed E-state index contributed by atoms with van der Waals surface area (Å²) in [5, 5.41) is 3.47. The number of para-hydroxylation sites is 1. The molecule has 0 aliphatic carbocycles. The molecule has 1 fully saturated rings. The highest BCUT2D eigenvalue weighted by Crippen LogP contribution is 2.29. The maximum absolute atomic E-state index is 12.9. The predicted molar refractivity (Wildman–Crippen MR) is 100 cm³/mol. The van der Waals surface area contributed by atoms with E-state index in [0.29, 0.717) is 24.0 Å². The minimum absolute atomic E-state index is 0.0606. The third-order valence-electron chi connectivity index (χ3n) is 4.37. The van der Waals surface area contributed by atoms with Crippen molar-refractivity contribution in [3.63, 3.8) is 0 Å². The Morgan fingerprint density at radius 3 is 2.62 bits per heavy atom. The third kappa shape index (κ3) is 3.77. The van der Waals surface area contributed by atoms with Crippen LogP contribution in [-0.4, -0.2) is 35.1 Å². The molecule has 0 radical (unpaired) electrons. The molecule has 0 bridgehead atoms. The zero-order valence-electron chi connectivity index (χ0n) is 14.0. The zero-order valence-corrected chi connectivity index (χ0v) is 14.8. The third-order valence-corrected chi connectivity index (χ3v) is 5.29. The number of aromatic nitrogens is 1. The Kier molecular flexibility index (Phi) is 4.71. The van der Waals surface area contributed by atoms with E-state index in [-0.39, 0.29) is 18.0 Å². The molecule has 2 amide bonds. The van der Waals surface area contributed by atoms with Crippen LogP contribution < -0.4 is 10.1 Å². The highest BCUT2D eigenvalue weighted by atomic mass is 32.1. The van der Waals surface area contributed by atoms with Crippen molar-refractivity contribution in [2.45, 2.75) is 18.9 Å². The summed E-state index contributed by atoms with van der Waals surface area (Å²) in [6.45, 7) is 1.23. The van der Waals surface area contributed by atoms with Gasteiger partial charge in [0.25, 0.3) is 5.19 Å². The second-order valence-electron chi connectivity index (χ2n) is 6.19. The van der Waals surface area contributed by atoms with Crippen LogP contribution in [0.15, 0.2) is 48.5 Å². The molecule has 0 unspecified atom stereocenters. The van der Waals surface area contributed by atoms with E-state index in [9.17, 15) is 9.18 Å². The number of piperidine rings is 1. The lowest BCUT2D eigenvalue weighted by molar-refractivity contribution is 0.115. The van der Waals surface area contributed by atoms with Crippen molar-refractivity contribution in [2.24, 2.45) is 0 Å². The number of anilines is 1. The number of hydrogen-bond acceptors (Lipinski definition) is 4. The Balaban J connectivity index is 1.30. The van der Waals surface area contributed by atoms with Gasteiger partial charge in [0.2, 0.25) is 0 Å². The maximum atomic E-state index is 12.9. The van der Waals surface area contributed by atoms with Crippen LogP contribution in [-0.2, 0) is 0 Å². The summed E-state index contributed by atoms with van der Waals surface area (Å²) in [5.74, 6) is -0.323. The molecule has 1 aromatic heterocycles. The summed E-state index contributed by atoms with van der Waals surface area (Å²) in [6.07, 6.45) is 1.57. The van der Waals surface area contributed by atoms with Crippen LogP contribution in [0.25, 0.3) is 10.2 Å². The molecular weight excluding hydrogens is 353 g/mol. The Hall–Kier alpha value is -2.67. The van der Waals surface area contributed by atoms with Gasteiger partial charge in [-0.05, 0) is 36.4 Å². The molecule has 0 spiro atoms. The smallest absolute Gasteiger partial charge is 0.321 e. The van der Waals surface area contributed by atoms with Gasteiger partial charge in [-0.25, -0.2) is 14.2 Å². The fraction of sp³-hybridized carbons (Fsp3) is 0.263. The van der Waals surface area contributed by atoms with Gasteiger partial charge in [-0.3, -0.25) is 0 Å². The first-order valence-electron chi connectivity index (χ1n) is 8.51. The average Bonchev–Trinajstić information content (AvgIpc) is 3.06. The van der Waals surface area contributed by atoms with Crippen LogP contribution in [0.5, 0.6) is 5.19 Å². The molecule has 5 nitrogen and oxygen atoms in total. The van der Waals surface area contributed by atoms with E-state index in [1.54, 1.807) is 28.4 Å². The van der Waals surface area contributed by atoms with Gasteiger partial charge in [-0.2, -0.15) is 0 Å². The van der Waals surface area contributed by atoms with Crippen LogP contribution in [0.2, 0.25) is 0 Å². The summed E-state index contributed by atoms with van der Waals surface area (Å²) in [6, 6.07) is 13.5. The van der Waals surface area contributed by atoms with E-state index < -0.39 is 0 Å². The van der Waals surface area contributed by atoms with Crippen LogP contribution in [0.1, 0.15) is 12.8 Å². The van der Waals surface area contributed by atoms with Crippen molar-refractivity contribution in [1.29, 1.82) is 0 Å². The van der Waals surface area contributed by atoms with Crippen molar-refractivity contribution in [1.82, 2.24) is 9.88 Å². The molecule has 2 aromatic carbocycles. The molecule has 2 heterocycles. The molecule has 1 aliphatic heterocycles. The van der Waals surface area contributed by atoms with E-state index in [2.05, 4.69) is 10.3 Å². The number of likely N-dealkylation sites (tertiary alicyclic amines) is 1. The summed E-state index contributed by atoms with van der Waals surface area (Å²) >= 11 is 1.54. The number of nitrogens with zero attached hydrogens (tertiary/aromatic N) is 2. The van der Waals surface area contributed by atoms with E-state index in [4.69, 9.17) is 4.74 Å². The maximum Gasteiger partial charge on any atom is 0.321 e. The highest BCUT2D eigenvalue weighted by Gasteiger charge is 2.24. The molecule has 0 saturated carbocycles. The molecular formula is C19H18FN3O2S. The summed E-state index contributed by atoms with van der Waals surface area (Å²) < 4.78 is 20.0. The van der Waals surface area contributed by atoms with Crippen molar-refractivity contribution in [3.8, 4) is 5.19 Å². The van der Waals surface area contributed by atoms with Crippen molar-refractivity contribution >= 4 is 33.3 Å². The number of benzene rings is 2. The van der Waals surface area contributed by atoms with Crippen LogP contribution in [0.4, 0.5) is 14.9 Å². The van der Waals surface area contributed by atoms with E-state index >= 15 is 0 Å². The second kappa shape index (κ2) is 7.29. The Morgan fingerprint density at radius 1 is 1.15 bits per heavy atom. The lowest BCUT2D eigenvalue weighted by atomic mass is 10.1. The second-order valence-corrected chi connectivity index (χ2v) is 7.18. The van der Waals surface area contributed by atoms with Gasteiger partial charge in [0.05, 0.1) is 10.2 Å². The highest BCUT2D eigenvalue weighted by molar-refractivity contribution is 7.20. The topological polar surface area (TPSA) is 54.5 Å². The minimum atomic E-state index is -0.323. The summed E-state index contributed by atoms with van der Waals surface area (Å²) in [5.41, 5.74) is 1.54. The van der Waals surface area contributed by atoms with E-state index in [1.165, 1.54) is 12.1 Å². The fourth-order valence-electron chi connectivity index (χ4n) is 2.96. The van der Waals surface area contributed by atoms with E-state index in [0.717, 1.165) is 23.1 Å². The fourth-order valence-corrected chi connectivity index (χ4v) is 3.84. The predicted octanol–water partition coefficient (Wildman–Crippen LogP) is 4.51. The first-order chi connectivity index (χ1) is 12.7. The molecule has 134 valence electrons. The lowest BCUT2D eigenvalue weighted by Gasteiger charge is -2.31. The normalized spacial score (nSPS) is 15.2. The first kappa shape index (κ1) is 16.8. The number of amides is 2. The molecule has 0 atom stereocenters. The number of thiazole rings is 1. The van der Waals surface area contributed by atoms with Gasteiger partial charge in [0, 0.05) is 31.6 Å². The SMILES string of the molecule is O=C(Nc1ccc(F)cc1)N1CCC(Oc2nc3ccccc3s2)CC1. The standard InChI is InChI=1S/C19H18FN3O2S/c20-13-5-7-14(8-6-13)21-18(24)23-11-9-15(10-12-23)25-19-22-16-3-1-2-4-17(16)26-19/h1-8,15H,9-12H2,(H,21,24). The molecule has 1 saturated heterocycles. The molecule has 3 aromatic rings. The number of fused-ring (bicyclic) bond motifs is 1. The van der Waals surface area contributed by atoms with Crippen molar-refractivity contribution < 1.29 is 13.9 Å². The number of carbonyl (C=O) groups is 1. The number of carbonyl (C=O) groups excluding carboxylic acids is 1. The number of nitrogens with one attached hydrogen (secondary N) is 1. The van der Waals surface area contributed by atoms with Crippen LogP contribution >= 0.6 is 11.3 Å². The van der Waals surface area contributed by atoms with Crippen molar-refractivity contribution in [2.75, 3.05) is 18.4 Å². The first-order valence-corrected chi connectivity index (χ1v) is 9.33. The Labute approximate surface area is 154 Å². The van der Waals surface area contributed by atoms with Gasteiger partial charge in [-0.1, -0.05) is 23.5 Å². The largest absolute Gasteiger partial charge is 0.467 e. The molecule has 4 rings (SSSR count). The van der Waals surface area contributed by atoms with Gasteiger partial charge in [0.1, 0.15) is 11.9 Å². The molecule has 1 N–H and O–H groups in total. The lowest BCUT2D eigenvalue weighted by Crippen LogP contribution is -2.43. The van der Waals surface area contributed by atoms with Gasteiger partial charge in [-0.15, -0.1) is 0 Å². The Bertz CT molecular complexity index is 872. The number of halogens is 1.